The molecule has 0 aromatic carbocycles. The minimum Gasteiger partial charge on any atom is -0.379 e. The van der Waals surface area contributed by atoms with Gasteiger partial charge in [-0.25, -0.2) is 0 Å². The van der Waals surface area contributed by atoms with E-state index in [1.165, 1.54) is 38.5 Å². The number of hydrogen-bond acceptors (Lipinski definition) is 5. The molecule has 5 nitrogen and oxygen atoms in total. The van der Waals surface area contributed by atoms with E-state index in [9.17, 15) is 0 Å². The fourth-order valence-electron chi connectivity index (χ4n) is 2.82. The highest BCUT2D eigenvalue weighted by Crippen LogP contribution is 2.24. The van der Waals surface area contributed by atoms with Gasteiger partial charge in [-0.1, -0.05) is 52.4 Å². The van der Waals surface area contributed by atoms with Crippen LogP contribution in [0.15, 0.2) is 0 Å². The van der Waals surface area contributed by atoms with Crippen molar-refractivity contribution in [1.29, 1.82) is 0 Å². The van der Waals surface area contributed by atoms with Gasteiger partial charge in [0.05, 0.1) is 13.2 Å². The van der Waals surface area contributed by atoms with Crippen LogP contribution in [0.5, 0.6) is 0 Å². The first-order valence-electron chi connectivity index (χ1n) is 11.3. The molecule has 1 aliphatic rings. The lowest BCUT2D eigenvalue weighted by Gasteiger charge is -2.32. The average molecular weight is 391 g/mol. The largest absolute Gasteiger partial charge is 0.379 e. The van der Waals surface area contributed by atoms with Gasteiger partial charge in [-0.2, -0.15) is 0 Å². The highest BCUT2D eigenvalue weighted by molar-refractivity contribution is 4.66. The first kappa shape index (κ1) is 26.8. The molecule has 27 heavy (non-hydrogen) atoms. The van der Waals surface area contributed by atoms with Crippen molar-refractivity contribution >= 4 is 0 Å². The third kappa shape index (κ3) is 16.5. The molecule has 0 radical (unpaired) electrons. The van der Waals surface area contributed by atoms with E-state index in [2.05, 4.69) is 13.8 Å². The monoisotopic (exact) mass is 390 g/mol. The van der Waals surface area contributed by atoms with Crippen LogP contribution in [-0.2, 0) is 23.7 Å². The van der Waals surface area contributed by atoms with Crippen molar-refractivity contribution in [3.05, 3.63) is 0 Å². The number of unbranched alkanes of at least 4 members (excludes halogenated alkanes) is 6. The van der Waals surface area contributed by atoms with Gasteiger partial charge in [-0.3, -0.25) is 0 Å². The Morgan fingerprint density at radius 2 is 1.26 bits per heavy atom. The molecule has 0 amide bonds. The van der Waals surface area contributed by atoms with Gasteiger partial charge in [0.2, 0.25) is 0 Å². The predicted molar refractivity (Wildman–Crippen MR) is 111 cm³/mol. The lowest BCUT2D eigenvalue weighted by Crippen LogP contribution is -2.39. The Bertz CT molecular complexity index is 277. The second-order valence-corrected chi connectivity index (χ2v) is 6.88. The SMILES string of the molecule is CCCCCCCCCC(OCC)(OCC)OCC.CCCOCC1CO1. The number of rotatable bonds is 18. The summed E-state index contributed by atoms with van der Waals surface area (Å²) in [6.07, 6.45) is 11.4. The van der Waals surface area contributed by atoms with Gasteiger partial charge >= 0.3 is 0 Å². The van der Waals surface area contributed by atoms with Gasteiger partial charge in [-0.05, 0) is 33.6 Å². The summed E-state index contributed by atoms with van der Waals surface area (Å²) in [4.78, 5) is 0. The summed E-state index contributed by atoms with van der Waals surface area (Å²) >= 11 is 0. The van der Waals surface area contributed by atoms with E-state index >= 15 is 0 Å². The normalized spacial score (nSPS) is 16.1. The average Bonchev–Trinajstić information content (AvgIpc) is 3.47. The quantitative estimate of drug-likeness (QED) is 0.171. The van der Waals surface area contributed by atoms with Gasteiger partial charge < -0.3 is 23.7 Å². The maximum atomic E-state index is 5.71. The summed E-state index contributed by atoms with van der Waals surface area (Å²) in [5.41, 5.74) is 0. The molecular formula is C22H46O5. The standard InChI is InChI=1S/C16H34O3.C6H12O2/c1-5-9-10-11-12-13-14-15-16(17-6-2,18-7-3)19-8-4;1-2-3-7-4-6-5-8-6/h5-15H2,1-4H3;6H,2-5H2,1H3. The fourth-order valence-corrected chi connectivity index (χ4v) is 2.82. The van der Waals surface area contributed by atoms with E-state index in [1.807, 2.05) is 20.8 Å². The van der Waals surface area contributed by atoms with Crippen molar-refractivity contribution in [2.75, 3.05) is 39.6 Å². The highest BCUT2D eigenvalue weighted by Gasteiger charge is 2.31. The first-order chi connectivity index (χ1) is 13.2. The molecule has 1 aliphatic heterocycles. The van der Waals surface area contributed by atoms with Crippen molar-refractivity contribution in [2.24, 2.45) is 0 Å². The fraction of sp³-hybridized carbons (Fsp3) is 1.00. The Morgan fingerprint density at radius 1 is 0.741 bits per heavy atom. The molecule has 5 heteroatoms. The van der Waals surface area contributed by atoms with E-state index < -0.39 is 5.97 Å². The number of hydrogen-bond donors (Lipinski definition) is 0. The van der Waals surface area contributed by atoms with Gasteiger partial charge in [0.25, 0.3) is 5.97 Å². The summed E-state index contributed by atoms with van der Waals surface area (Å²) in [7, 11) is 0. The van der Waals surface area contributed by atoms with E-state index in [-0.39, 0.29) is 0 Å². The molecular weight excluding hydrogens is 344 g/mol. The molecule has 1 heterocycles. The Labute approximate surface area is 168 Å². The Hall–Kier alpha value is -0.200. The lowest BCUT2D eigenvalue weighted by atomic mass is 10.1. The molecule has 0 aromatic heterocycles. The molecule has 0 N–H and O–H groups in total. The summed E-state index contributed by atoms with van der Waals surface area (Å²) in [6, 6.07) is 0. The molecule has 1 atom stereocenters. The van der Waals surface area contributed by atoms with Crippen LogP contribution < -0.4 is 0 Å². The second kappa shape index (κ2) is 19.1. The maximum absolute atomic E-state index is 5.71. The topological polar surface area (TPSA) is 49.5 Å². The molecule has 1 fully saturated rings. The molecule has 0 bridgehead atoms. The third-order valence-electron chi connectivity index (χ3n) is 4.23. The lowest BCUT2D eigenvalue weighted by molar-refractivity contribution is -0.380. The zero-order chi connectivity index (χ0) is 20.2. The zero-order valence-corrected chi connectivity index (χ0v) is 18.7. The van der Waals surface area contributed by atoms with E-state index in [4.69, 9.17) is 23.7 Å². The highest BCUT2D eigenvalue weighted by atomic mass is 16.9. The molecule has 164 valence electrons. The van der Waals surface area contributed by atoms with Crippen molar-refractivity contribution in [2.45, 2.75) is 104 Å². The number of ether oxygens (including phenoxy) is 5. The summed E-state index contributed by atoms with van der Waals surface area (Å²) in [5, 5.41) is 0. The van der Waals surface area contributed by atoms with Gasteiger partial charge in [-0.15, -0.1) is 0 Å². The van der Waals surface area contributed by atoms with Gasteiger partial charge in [0.1, 0.15) is 6.10 Å². The van der Waals surface area contributed by atoms with Crippen molar-refractivity contribution in [1.82, 2.24) is 0 Å². The van der Waals surface area contributed by atoms with Crippen LogP contribution in [0.4, 0.5) is 0 Å². The smallest absolute Gasteiger partial charge is 0.282 e. The zero-order valence-electron chi connectivity index (χ0n) is 18.7. The Balaban J connectivity index is 0.000000694. The van der Waals surface area contributed by atoms with Crippen LogP contribution in [0.25, 0.3) is 0 Å². The molecule has 0 aromatic rings. The van der Waals surface area contributed by atoms with Gasteiger partial charge in [0, 0.05) is 32.8 Å². The third-order valence-corrected chi connectivity index (χ3v) is 4.23. The van der Waals surface area contributed by atoms with E-state index in [0.29, 0.717) is 25.9 Å². The summed E-state index contributed by atoms with van der Waals surface area (Å²) in [6.45, 7) is 14.8. The molecule has 0 saturated carbocycles. The molecule has 1 rings (SSSR count). The molecule has 0 spiro atoms. The molecule has 1 unspecified atom stereocenters. The minimum absolute atomic E-state index is 0.432. The Kier molecular flexibility index (Phi) is 19.0. The second-order valence-electron chi connectivity index (χ2n) is 6.88. The van der Waals surface area contributed by atoms with Crippen molar-refractivity contribution < 1.29 is 23.7 Å². The van der Waals surface area contributed by atoms with Crippen LogP contribution in [0, 0.1) is 0 Å². The molecule has 1 saturated heterocycles. The van der Waals surface area contributed by atoms with Crippen LogP contribution in [-0.4, -0.2) is 51.7 Å². The van der Waals surface area contributed by atoms with Crippen LogP contribution >= 0.6 is 0 Å². The predicted octanol–water partition coefficient (Wildman–Crippen LogP) is 5.70. The van der Waals surface area contributed by atoms with Crippen molar-refractivity contribution in [3.8, 4) is 0 Å². The van der Waals surface area contributed by atoms with Crippen molar-refractivity contribution in [3.63, 3.8) is 0 Å². The summed E-state index contributed by atoms with van der Waals surface area (Å²) < 4.78 is 27.2. The van der Waals surface area contributed by atoms with E-state index in [0.717, 1.165) is 39.1 Å². The number of epoxide rings is 1. The van der Waals surface area contributed by atoms with Crippen LogP contribution in [0.1, 0.15) is 92.4 Å². The minimum atomic E-state index is -0.804. The summed E-state index contributed by atoms with van der Waals surface area (Å²) in [5.74, 6) is -0.804. The van der Waals surface area contributed by atoms with Gasteiger partial charge in [0.15, 0.2) is 0 Å². The maximum Gasteiger partial charge on any atom is 0.282 e. The molecule has 0 aliphatic carbocycles. The van der Waals surface area contributed by atoms with E-state index in [1.54, 1.807) is 0 Å². The Morgan fingerprint density at radius 3 is 1.70 bits per heavy atom. The van der Waals surface area contributed by atoms with Crippen LogP contribution in [0.2, 0.25) is 0 Å². The van der Waals surface area contributed by atoms with Crippen LogP contribution in [0.3, 0.4) is 0 Å². The first-order valence-corrected chi connectivity index (χ1v) is 11.3.